The summed E-state index contributed by atoms with van der Waals surface area (Å²) in [6.07, 6.45) is 5.48. The predicted molar refractivity (Wildman–Crippen MR) is 93.1 cm³/mol. The molecule has 2 aromatic rings. The van der Waals surface area contributed by atoms with Crippen molar-refractivity contribution in [3.05, 3.63) is 46.8 Å². The Balaban J connectivity index is 1.66. The van der Waals surface area contributed by atoms with Crippen molar-refractivity contribution < 1.29 is 14.3 Å². The Morgan fingerprint density at radius 2 is 2.04 bits per heavy atom. The van der Waals surface area contributed by atoms with Crippen LogP contribution in [0.2, 0.25) is 0 Å². The first-order valence-electron chi connectivity index (χ1n) is 8.95. The van der Waals surface area contributed by atoms with E-state index in [4.69, 9.17) is 9.47 Å². The average Bonchev–Trinajstić information content (AvgIpc) is 2.95. The minimum absolute atomic E-state index is 0.0197. The van der Waals surface area contributed by atoms with E-state index in [9.17, 15) is 4.79 Å². The van der Waals surface area contributed by atoms with E-state index in [2.05, 4.69) is 10.3 Å². The first-order valence-corrected chi connectivity index (χ1v) is 8.95. The number of ether oxygens (including phenoxy) is 2. The molecule has 25 heavy (non-hydrogen) atoms. The van der Waals surface area contributed by atoms with Gasteiger partial charge < -0.3 is 9.47 Å². The fourth-order valence-corrected chi connectivity index (χ4v) is 3.18. The largest absolute Gasteiger partial charge is 0.462 e. The minimum atomic E-state index is -0.292. The van der Waals surface area contributed by atoms with Crippen molar-refractivity contribution in [3.8, 4) is 0 Å². The van der Waals surface area contributed by atoms with Gasteiger partial charge in [0, 0.05) is 7.05 Å². The lowest BCUT2D eigenvalue weighted by Crippen LogP contribution is -2.12. The number of aryl methyl sites for hydroxylation is 1. The van der Waals surface area contributed by atoms with Crippen molar-refractivity contribution in [2.75, 3.05) is 6.61 Å². The molecule has 0 radical (unpaired) electrons. The van der Waals surface area contributed by atoms with Crippen molar-refractivity contribution in [1.82, 2.24) is 15.0 Å². The highest BCUT2D eigenvalue weighted by atomic mass is 16.5. The molecule has 6 heteroatoms. The fraction of sp³-hybridized carbons (Fsp3) is 0.526. The maximum atomic E-state index is 11.7. The highest BCUT2D eigenvalue weighted by Gasteiger charge is 2.23. The lowest BCUT2D eigenvalue weighted by molar-refractivity contribution is 0.0276. The van der Waals surface area contributed by atoms with Gasteiger partial charge in [-0.2, -0.15) is 0 Å². The number of carbonyl (C=O) groups is 1. The molecule has 134 valence electrons. The van der Waals surface area contributed by atoms with E-state index in [0.29, 0.717) is 18.8 Å². The lowest BCUT2D eigenvalue weighted by Gasteiger charge is -2.20. The highest BCUT2D eigenvalue weighted by molar-refractivity contribution is 5.89. The van der Waals surface area contributed by atoms with Crippen LogP contribution < -0.4 is 0 Å². The SMILES string of the molecule is CCOC(=O)c1ccc(COC2CCCCCc3c2nnn3C)cc1. The number of carbonyl (C=O) groups excluding carboxylic acids is 1. The van der Waals surface area contributed by atoms with E-state index in [1.165, 1.54) is 18.5 Å². The normalized spacial score (nSPS) is 17.4. The Morgan fingerprint density at radius 1 is 1.24 bits per heavy atom. The third kappa shape index (κ3) is 4.25. The molecule has 0 bridgehead atoms. The predicted octanol–water partition coefficient (Wildman–Crippen LogP) is 3.37. The molecule has 0 N–H and O–H groups in total. The molecule has 0 spiro atoms. The van der Waals surface area contributed by atoms with Gasteiger partial charge >= 0.3 is 5.97 Å². The summed E-state index contributed by atoms with van der Waals surface area (Å²) in [4.78, 5) is 11.7. The molecule has 1 heterocycles. The first-order chi connectivity index (χ1) is 12.2. The van der Waals surface area contributed by atoms with E-state index >= 15 is 0 Å². The Bertz CT molecular complexity index is 709. The van der Waals surface area contributed by atoms with Gasteiger partial charge in [-0.15, -0.1) is 5.10 Å². The van der Waals surface area contributed by atoms with Crippen LogP contribution in [0.4, 0.5) is 0 Å². The molecule has 1 aliphatic carbocycles. The summed E-state index contributed by atoms with van der Waals surface area (Å²) in [6.45, 7) is 2.67. The Kier molecular flexibility index (Phi) is 5.81. The Morgan fingerprint density at radius 3 is 2.80 bits per heavy atom. The Labute approximate surface area is 148 Å². The number of benzene rings is 1. The molecule has 3 rings (SSSR count). The number of nitrogens with zero attached hydrogens (tertiary/aromatic N) is 3. The second-order valence-corrected chi connectivity index (χ2v) is 6.36. The van der Waals surface area contributed by atoms with Crippen LogP contribution in [0.3, 0.4) is 0 Å². The smallest absolute Gasteiger partial charge is 0.338 e. The molecule has 1 atom stereocenters. The molecule has 0 saturated heterocycles. The van der Waals surface area contributed by atoms with Crippen molar-refractivity contribution >= 4 is 5.97 Å². The van der Waals surface area contributed by atoms with Gasteiger partial charge in [-0.25, -0.2) is 4.79 Å². The molecule has 0 aliphatic heterocycles. The van der Waals surface area contributed by atoms with Crippen molar-refractivity contribution in [3.63, 3.8) is 0 Å². The summed E-state index contributed by atoms with van der Waals surface area (Å²) in [5.41, 5.74) is 3.75. The molecule has 6 nitrogen and oxygen atoms in total. The van der Waals surface area contributed by atoms with Crippen LogP contribution in [0.1, 0.15) is 66.0 Å². The van der Waals surface area contributed by atoms with Gasteiger partial charge in [0.25, 0.3) is 0 Å². The quantitative estimate of drug-likeness (QED) is 0.779. The number of esters is 1. The van der Waals surface area contributed by atoms with Crippen molar-refractivity contribution in [2.45, 2.75) is 51.7 Å². The average molecular weight is 343 g/mol. The minimum Gasteiger partial charge on any atom is -0.462 e. The zero-order valence-electron chi connectivity index (χ0n) is 14.9. The van der Waals surface area contributed by atoms with Gasteiger partial charge in [0.05, 0.1) is 24.5 Å². The third-order valence-corrected chi connectivity index (χ3v) is 4.57. The van der Waals surface area contributed by atoms with Gasteiger partial charge in [0.1, 0.15) is 11.8 Å². The third-order valence-electron chi connectivity index (χ3n) is 4.57. The van der Waals surface area contributed by atoms with Gasteiger partial charge in [-0.3, -0.25) is 4.68 Å². The summed E-state index contributed by atoms with van der Waals surface area (Å²) in [6, 6.07) is 7.38. The van der Waals surface area contributed by atoms with E-state index in [-0.39, 0.29) is 12.1 Å². The van der Waals surface area contributed by atoms with Crippen LogP contribution in [0.15, 0.2) is 24.3 Å². The monoisotopic (exact) mass is 343 g/mol. The van der Waals surface area contributed by atoms with Crippen LogP contribution in [-0.2, 0) is 29.5 Å². The van der Waals surface area contributed by atoms with Gasteiger partial charge in [-0.1, -0.05) is 30.2 Å². The number of rotatable bonds is 5. The van der Waals surface area contributed by atoms with Crippen LogP contribution in [0, 0.1) is 0 Å². The fourth-order valence-electron chi connectivity index (χ4n) is 3.18. The van der Waals surface area contributed by atoms with E-state index < -0.39 is 0 Å². The van der Waals surface area contributed by atoms with Crippen molar-refractivity contribution in [1.29, 1.82) is 0 Å². The molecule has 1 aromatic heterocycles. The first kappa shape index (κ1) is 17.6. The van der Waals surface area contributed by atoms with Crippen LogP contribution in [0.25, 0.3) is 0 Å². The second-order valence-electron chi connectivity index (χ2n) is 6.36. The van der Waals surface area contributed by atoms with E-state index in [1.807, 2.05) is 23.9 Å². The maximum Gasteiger partial charge on any atom is 0.338 e. The highest BCUT2D eigenvalue weighted by Crippen LogP contribution is 2.29. The molecule has 0 amide bonds. The summed E-state index contributed by atoms with van der Waals surface area (Å²) < 4.78 is 13.0. The summed E-state index contributed by atoms with van der Waals surface area (Å²) >= 11 is 0. The topological polar surface area (TPSA) is 66.2 Å². The van der Waals surface area contributed by atoms with Gasteiger partial charge in [0.2, 0.25) is 0 Å². The molecule has 1 aliphatic rings. The molecular formula is C19H25N3O3. The van der Waals surface area contributed by atoms with Gasteiger partial charge in [0.15, 0.2) is 0 Å². The maximum absolute atomic E-state index is 11.7. The Hall–Kier alpha value is -2.21. The van der Waals surface area contributed by atoms with Crippen LogP contribution in [-0.4, -0.2) is 27.6 Å². The summed E-state index contributed by atoms with van der Waals surface area (Å²) in [5.74, 6) is -0.292. The molecular weight excluding hydrogens is 318 g/mol. The van der Waals surface area contributed by atoms with Crippen LogP contribution >= 0.6 is 0 Å². The van der Waals surface area contributed by atoms with Crippen LogP contribution in [0.5, 0.6) is 0 Å². The number of fused-ring (bicyclic) bond motifs is 1. The standard InChI is InChI=1S/C19H25N3O3/c1-3-24-19(23)15-11-9-14(10-12-15)13-25-17-8-6-4-5-7-16-18(17)20-21-22(16)2/h9-12,17H,3-8,13H2,1-2H3. The second kappa shape index (κ2) is 8.25. The summed E-state index contributed by atoms with van der Waals surface area (Å²) in [7, 11) is 1.94. The molecule has 1 unspecified atom stereocenters. The summed E-state index contributed by atoms with van der Waals surface area (Å²) in [5, 5.41) is 8.51. The molecule has 1 aromatic carbocycles. The zero-order valence-corrected chi connectivity index (χ0v) is 14.9. The van der Waals surface area contributed by atoms with E-state index in [0.717, 1.165) is 30.5 Å². The number of aromatic nitrogens is 3. The lowest BCUT2D eigenvalue weighted by atomic mass is 9.99. The molecule has 0 saturated carbocycles. The number of hydrogen-bond acceptors (Lipinski definition) is 5. The van der Waals surface area contributed by atoms with E-state index in [1.54, 1.807) is 19.1 Å². The molecule has 0 fully saturated rings. The zero-order chi connectivity index (χ0) is 17.6. The van der Waals surface area contributed by atoms with Gasteiger partial charge in [-0.05, 0) is 43.9 Å². The van der Waals surface area contributed by atoms with Crippen molar-refractivity contribution in [2.24, 2.45) is 7.05 Å². The number of hydrogen-bond donors (Lipinski definition) is 0.